The fraction of sp³-hybridized carbons (Fsp3) is 0.762. The molecule has 1 unspecified atom stereocenters. The summed E-state index contributed by atoms with van der Waals surface area (Å²) in [5.74, 6) is 0.118. The number of hydrogen-bond acceptors (Lipinski definition) is 3. The van der Waals surface area contributed by atoms with E-state index in [1.807, 2.05) is 6.92 Å². The molecule has 0 aromatic heterocycles. The first-order valence-electron chi connectivity index (χ1n) is 9.52. The summed E-state index contributed by atoms with van der Waals surface area (Å²) >= 11 is 0. The lowest BCUT2D eigenvalue weighted by atomic mass is 9.98. The third-order valence-electron chi connectivity index (χ3n) is 5.23. The van der Waals surface area contributed by atoms with Crippen LogP contribution in [0.4, 0.5) is 0 Å². The number of carbonyl (C=O) groups is 1. The van der Waals surface area contributed by atoms with E-state index in [2.05, 4.69) is 66.8 Å². The molecule has 0 bridgehead atoms. The third kappa shape index (κ3) is 10.0. The Kier molecular flexibility index (Phi) is 10.6. The van der Waals surface area contributed by atoms with Gasteiger partial charge in [0.1, 0.15) is 0 Å². The van der Waals surface area contributed by atoms with Crippen molar-refractivity contribution in [1.29, 1.82) is 0 Å². The van der Waals surface area contributed by atoms with E-state index < -0.39 is 8.32 Å². The zero-order chi connectivity index (χ0) is 19.7. The fourth-order valence-electron chi connectivity index (χ4n) is 2.06. The van der Waals surface area contributed by atoms with Gasteiger partial charge < -0.3 is 9.16 Å². The first-order valence-corrected chi connectivity index (χ1v) is 12.4. The Morgan fingerprint density at radius 3 is 2.28 bits per heavy atom. The van der Waals surface area contributed by atoms with Crippen LogP contribution in [-0.4, -0.2) is 27.5 Å². The molecule has 0 aromatic carbocycles. The Bertz CT molecular complexity index is 470. The lowest BCUT2D eigenvalue weighted by Gasteiger charge is -2.36. The predicted octanol–water partition coefficient (Wildman–Crippen LogP) is 6.27. The average molecular weight is 369 g/mol. The molecule has 0 saturated heterocycles. The topological polar surface area (TPSA) is 35.5 Å². The zero-order valence-corrected chi connectivity index (χ0v) is 19.0. The van der Waals surface area contributed by atoms with Crippen LogP contribution in [0.3, 0.4) is 0 Å². The molecule has 0 aliphatic rings. The quantitative estimate of drug-likeness (QED) is 0.259. The second-order valence-corrected chi connectivity index (χ2v) is 13.3. The maximum atomic E-state index is 11.5. The molecule has 1 atom stereocenters. The van der Waals surface area contributed by atoms with E-state index in [-0.39, 0.29) is 16.9 Å². The largest absolute Gasteiger partial charge is 0.466 e. The molecular weight excluding hydrogens is 328 g/mol. The van der Waals surface area contributed by atoms with E-state index in [1.54, 1.807) is 0 Å². The van der Waals surface area contributed by atoms with Crippen molar-refractivity contribution in [2.24, 2.45) is 5.92 Å². The van der Waals surface area contributed by atoms with Gasteiger partial charge in [-0.3, -0.25) is 4.79 Å². The van der Waals surface area contributed by atoms with E-state index in [1.165, 1.54) is 11.1 Å². The number of esters is 1. The van der Waals surface area contributed by atoms with Gasteiger partial charge >= 0.3 is 5.97 Å². The van der Waals surface area contributed by atoms with Gasteiger partial charge in [0.05, 0.1) is 13.0 Å². The summed E-state index contributed by atoms with van der Waals surface area (Å²) in [7, 11) is -1.64. The second-order valence-electron chi connectivity index (χ2n) is 8.50. The number of rotatable bonds is 10. The SMILES string of the molecule is CCOC(=O)CC(C)/C(C)=C/C/C=C(\C)CCO[Si](C)(C)C(C)(C)C. The van der Waals surface area contributed by atoms with Crippen molar-refractivity contribution in [3.8, 4) is 0 Å². The molecule has 0 rings (SSSR count). The molecule has 25 heavy (non-hydrogen) atoms. The summed E-state index contributed by atoms with van der Waals surface area (Å²) in [6.07, 6.45) is 6.82. The van der Waals surface area contributed by atoms with Crippen molar-refractivity contribution in [2.75, 3.05) is 13.2 Å². The molecule has 3 nitrogen and oxygen atoms in total. The lowest BCUT2D eigenvalue weighted by Crippen LogP contribution is -2.40. The van der Waals surface area contributed by atoms with Gasteiger partial charge in [-0.2, -0.15) is 0 Å². The number of hydrogen-bond donors (Lipinski definition) is 0. The molecule has 0 N–H and O–H groups in total. The van der Waals surface area contributed by atoms with Gasteiger partial charge in [-0.1, -0.05) is 51.0 Å². The summed E-state index contributed by atoms with van der Waals surface area (Å²) in [6, 6.07) is 0. The Morgan fingerprint density at radius 1 is 1.16 bits per heavy atom. The van der Waals surface area contributed by atoms with Crippen LogP contribution in [0.15, 0.2) is 23.3 Å². The van der Waals surface area contributed by atoms with Gasteiger partial charge in [-0.15, -0.1) is 0 Å². The third-order valence-corrected chi connectivity index (χ3v) is 9.77. The van der Waals surface area contributed by atoms with Crippen LogP contribution in [-0.2, 0) is 14.0 Å². The number of ether oxygens (including phenoxy) is 1. The molecule has 0 saturated carbocycles. The van der Waals surface area contributed by atoms with Gasteiger partial charge in [-0.25, -0.2) is 0 Å². The van der Waals surface area contributed by atoms with Crippen molar-refractivity contribution in [3.05, 3.63) is 23.3 Å². The average Bonchev–Trinajstić information content (AvgIpc) is 2.45. The molecule has 0 radical (unpaired) electrons. The van der Waals surface area contributed by atoms with Crippen LogP contribution in [0, 0.1) is 5.92 Å². The van der Waals surface area contributed by atoms with E-state index in [9.17, 15) is 4.79 Å². The van der Waals surface area contributed by atoms with Crippen LogP contribution < -0.4 is 0 Å². The van der Waals surface area contributed by atoms with E-state index in [0.717, 1.165) is 19.4 Å². The Balaban J connectivity index is 4.33. The van der Waals surface area contributed by atoms with Crippen LogP contribution in [0.5, 0.6) is 0 Å². The first kappa shape index (κ1) is 24.1. The second kappa shape index (κ2) is 11.0. The monoisotopic (exact) mass is 368 g/mol. The summed E-state index contributed by atoms with van der Waals surface area (Å²) in [5, 5.41) is 0.263. The van der Waals surface area contributed by atoms with Gasteiger partial charge in [0.25, 0.3) is 0 Å². The zero-order valence-electron chi connectivity index (χ0n) is 18.0. The van der Waals surface area contributed by atoms with Crippen molar-refractivity contribution in [1.82, 2.24) is 0 Å². The minimum Gasteiger partial charge on any atom is -0.466 e. The highest BCUT2D eigenvalue weighted by molar-refractivity contribution is 6.74. The van der Waals surface area contributed by atoms with Crippen molar-refractivity contribution >= 4 is 14.3 Å². The lowest BCUT2D eigenvalue weighted by molar-refractivity contribution is -0.143. The molecule has 4 heteroatoms. The highest BCUT2D eigenvalue weighted by Gasteiger charge is 2.36. The van der Waals surface area contributed by atoms with E-state index >= 15 is 0 Å². The smallest absolute Gasteiger partial charge is 0.306 e. The Hall–Kier alpha value is -0.873. The molecular formula is C21H40O3Si. The summed E-state index contributed by atoms with van der Waals surface area (Å²) in [5.41, 5.74) is 2.61. The molecule has 0 amide bonds. The van der Waals surface area contributed by atoms with Crippen molar-refractivity contribution in [2.45, 2.75) is 85.9 Å². The highest BCUT2D eigenvalue weighted by Crippen LogP contribution is 2.36. The Morgan fingerprint density at radius 2 is 1.76 bits per heavy atom. The molecule has 146 valence electrons. The molecule has 0 aromatic rings. The first-order chi connectivity index (χ1) is 11.4. The summed E-state index contributed by atoms with van der Waals surface area (Å²) < 4.78 is 11.2. The molecule has 0 aliphatic heterocycles. The molecule has 0 heterocycles. The Labute approximate surface area is 157 Å². The number of carbonyl (C=O) groups excluding carboxylic acids is 1. The van der Waals surface area contributed by atoms with Crippen molar-refractivity contribution in [3.63, 3.8) is 0 Å². The summed E-state index contributed by atoms with van der Waals surface area (Å²) in [4.78, 5) is 11.5. The number of allylic oxidation sites excluding steroid dienone is 3. The normalized spacial score (nSPS) is 15.2. The molecule has 0 spiro atoms. The maximum Gasteiger partial charge on any atom is 0.306 e. The summed E-state index contributed by atoms with van der Waals surface area (Å²) in [6.45, 7) is 20.8. The minimum absolute atomic E-state index is 0.114. The van der Waals surface area contributed by atoms with E-state index in [0.29, 0.717) is 13.0 Å². The van der Waals surface area contributed by atoms with Crippen LogP contribution in [0.2, 0.25) is 18.1 Å². The van der Waals surface area contributed by atoms with Crippen LogP contribution in [0.25, 0.3) is 0 Å². The predicted molar refractivity (Wildman–Crippen MR) is 110 cm³/mol. The molecule has 0 fully saturated rings. The highest BCUT2D eigenvalue weighted by atomic mass is 28.4. The van der Waals surface area contributed by atoms with Gasteiger partial charge in [0, 0.05) is 6.61 Å². The van der Waals surface area contributed by atoms with Gasteiger partial charge in [0.15, 0.2) is 8.32 Å². The minimum atomic E-state index is -1.64. The maximum absolute atomic E-state index is 11.5. The van der Waals surface area contributed by atoms with Crippen molar-refractivity contribution < 1.29 is 14.0 Å². The van der Waals surface area contributed by atoms with Gasteiger partial charge in [0.2, 0.25) is 0 Å². The van der Waals surface area contributed by atoms with E-state index in [4.69, 9.17) is 9.16 Å². The standard InChI is InChI=1S/C21H40O3Si/c1-10-23-20(22)16-19(4)18(3)13-11-12-17(2)14-15-24-25(8,9)21(5,6)7/h12-13,19H,10-11,14-16H2,1-9H3/b17-12+,18-13+. The van der Waals surface area contributed by atoms with Gasteiger partial charge in [-0.05, 0) is 57.7 Å². The fourth-order valence-corrected chi connectivity index (χ4v) is 3.11. The van der Waals surface area contributed by atoms with Crippen LogP contribution in [0.1, 0.15) is 67.7 Å². The van der Waals surface area contributed by atoms with Crippen LogP contribution >= 0.6 is 0 Å². The molecule has 0 aliphatic carbocycles.